The largest absolute Gasteiger partial charge is 2.00 e. The van der Waals surface area contributed by atoms with Crippen LogP contribution in [-0.2, 0) is 35.2 Å². The number of anilines is 6. The van der Waals surface area contributed by atoms with E-state index in [2.05, 4.69) is 73.9 Å². The molecule has 0 N–H and O–H groups in total. The van der Waals surface area contributed by atoms with Gasteiger partial charge < -0.3 is 14.2 Å². The summed E-state index contributed by atoms with van der Waals surface area (Å²) in [6, 6.07) is 36.0. The van der Waals surface area contributed by atoms with E-state index in [-0.39, 0.29) is 21.1 Å². The van der Waals surface area contributed by atoms with Gasteiger partial charge in [-0.05, 0) is 74.5 Å². The fraction of sp³-hybridized carbons (Fsp3) is 0.167. The number of aromatic nitrogens is 4. The molecule has 0 fully saturated rings. The van der Waals surface area contributed by atoms with E-state index in [1.807, 2.05) is 84.1 Å². The summed E-state index contributed by atoms with van der Waals surface area (Å²) in [5.74, 6) is 1.74. The Morgan fingerprint density at radius 2 is 0.955 bits per heavy atom. The van der Waals surface area contributed by atoms with Crippen LogP contribution in [0.1, 0.15) is 22.5 Å². The van der Waals surface area contributed by atoms with Crippen LogP contribution in [0.2, 0.25) is 0 Å². The van der Waals surface area contributed by atoms with Gasteiger partial charge in [0.2, 0.25) is 0 Å². The van der Waals surface area contributed by atoms with Crippen LogP contribution in [0.5, 0.6) is 0 Å². The minimum Gasteiger partial charge on any atom is -0.564 e. The van der Waals surface area contributed by atoms with Gasteiger partial charge in [-0.1, -0.05) is 36.4 Å². The molecule has 0 bridgehead atoms. The minimum atomic E-state index is 0. The first-order valence-corrected chi connectivity index (χ1v) is 14.3. The number of para-hydroxylation sites is 2. The zero-order valence-electron chi connectivity index (χ0n) is 25.5. The molecule has 0 atom stereocenters. The third-order valence-electron chi connectivity index (χ3n) is 8.40. The first-order chi connectivity index (χ1) is 20.8. The van der Waals surface area contributed by atoms with Crippen LogP contribution in [0.25, 0.3) is 21.9 Å². The zero-order chi connectivity index (χ0) is 29.8. The molecule has 0 aliphatic rings. The van der Waals surface area contributed by atoms with Crippen LogP contribution in [0.15, 0.2) is 89.3 Å². The molecule has 4 aromatic carbocycles. The van der Waals surface area contributed by atoms with Crippen LogP contribution < -0.4 is 9.80 Å². The molecule has 3 aromatic heterocycles. The molecule has 0 unspecified atom stereocenters. The molecule has 44 heavy (non-hydrogen) atoms. The predicted octanol–water partition coefficient (Wildman–Crippen LogP) is 8.82. The van der Waals surface area contributed by atoms with Crippen LogP contribution in [0, 0.1) is 39.8 Å². The fourth-order valence-corrected chi connectivity index (χ4v) is 5.58. The molecule has 7 aromatic rings. The Kier molecular flexibility index (Phi) is 7.68. The molecule has 7 rings (SSSR count). The van der Waals surface area contributed by atoms with Gasteiger partial charge in [0.15, 0.2) is 11.6 Å². The Morgan fingerprint density at radius 3 is 1.30 bits per heavy atom. The van der Waals surface area contributed by atoms with Gasteiger partial charge in [0.05, 0.1) is 0 Å². The molecule has 0 saturated heterocycles. The summed E-state index contributed by atoms with van der Waals surface area (Å²) in [7, 11) is 3.95. The van der Waals surface area contributed by atoms with E-state index in [4.69, 9.17) is 14.6 Å². The van der Waals surface area contributed by atoms with Gasteiger partial charge in [-0.25, -0.2) is 0 Å². The first kappa shape index (κ1) is 29.5. The SMILES string of the molecule is Cc1c(N(c2[c-]c3c(cc2)oc2ccc(N(c4ccccc4)c4nn(C)c(C)c4C)[c-]c23)c2ccccc2)nn(C)c1C.[Pt+2]. The summed E-state index contributed by atoms with van der Waals surface area (Å²) in [5, 5.41) is 11.5. The molecule has 3 heterocycles. The number of furan rings is 1. The maximum absolute atomic E-state index is 6.30. The second kappa shape index (κ2) is 11.5. The van der Waals surface area contributed by atoms with Crippen molar-refractivity contribution in [2.45, 2.75) is 27.7 Å². The summed E-state index contributed by atoms with van der Waals surface area (Å²) in [6.45, 7) is 8.40. The maximum atomic E-state index is 6.30. The number of hydrogen-bond acceptors (Lipinski definition) is 5. The second-order valence-corrected chi connectivity index (χ2v) is 10.9. The average molecular weight is 760 g/mol. The Labute approximate surface area is 271 Å². The van der Waals surface area contributed by atoms with Gasteiger partial charge in [-0.2, -0.15) is 33.1 Å². The minimum absolute atomic E-state index is 0. The van der Waals surface area contributed by atoms with Crippen molar-refractivity contribution in [2.24, 2.45) is 14.1 Å². The van der Waals surface area contributed by atoms with Crippen LogP contribution in [0.3, 0.4) is 0 Å². The molecule has 8 heteroatoms. The van der Waals surface area contributed by atoms with E-state index < -0.39 is 0 Å². The number of aryl methyl sites for hydroxylation is 2. The molecule has 0 amide bonds. The van der Waals surface area contributed by atoms with Gasteiger partial charge in [0.25, 0.3) is 0 Å². The van der Waals surface area contributed by atoms with Crippen LogP contribution >= 0.6 is 0 Å². The van der Waals surface area contributed by atoms with E-state index in [0.29, 0.717) is 0 Å². The molecule has 222 valence electrons. The van der Waals surface area contributed by atoms with Crippen LogP contribution in [0.4, 0.5) is 34.4 Å². The molecule has 0 aliphatic carbocycles. The molecule has 0 radical (unpaired) electrons. The molecular formula is C36H32N6OPt. The number of benzene rings is 4. The monoisotopic (exact) mass is 759 g/mol. The van der Waals surface area contributed by atoms with Crippen molar-refractivity contribution in [3.05, 3.63) is 120 Å². The number of nitrogens with zero attached hydrogens (tertiary/aromatic N) is 6. The molecular weight excluding hydrogens is 728 g/mol. The molecule has 0 aliphatic heterocycles. The van der Waals surface area contributed by atoms with Gasteiger partial charge in [0, 0.05) is 48.0 Å². The van der Waals surface area contributed by atoms with Gasteiger partial charge in [-0.15, -0.1) is 24.3 Å². The third-order valence-corrected chi connectivity index (χ3v) is 8.40. The Morgan fingerprint density at radius 1 is 0.568 bits per heavy atom. The Bertz CT molecular complexity index is 1960. The molecule has 0 spiro atoms. The van der Waals surface area contributed by atoms with E-state index in [1.165, 1.54) is 0 Å². The quantitative estimate of drug-likeness (QED) is 0.159. The summed E-state index contributed by atoms with van der Waals surface area (Å²) in [6.07, 6.45) is 0. The van der Waals surface area contributed by atoms with Crippen molar-refractivity contribution in [1.29, 1.82) is 0 Å². The van der Waals surface area contributed by atoms with E-state index in [0.717, 1.165) is 78.8 Å². The topological polar surface area (TPSA) is 55.3 Å². The summed E-state index contributed by atoms with van der Waals surface area (Å²) in [4.78, 5) is 4.31. The Hall–Kier alpha value is -4.61. The normalized spacial score (nSPS) is 11.2. The van der Waals surface area contributed by atoms with E-state index >= 15 is 0 Å². The zero-order valence-corrected chi connectivity index (χ0v) is 27.8. The van der Waals surface area contributed by atoms with Crippen LogP contribution in [-0.4, -0.2) is 19.6 Å². The van der Waals surface area contributed by atoms with Gasteiger partial charge in [0.1, 0.15) is 0 Å². The number of rotatable bonds is 6. The van der Waals surface area contributed by atoms with Crippen molar-refractivity contribution in [3.63, 3.8) is 0 Å². The van der Waals surface area contributed by atoms with Crippen molar-refractivity contribution >= 4 is 56.3 Å². The first-order valence-electron chi connectivity index (χ1n) is 14.3. The summed E-state index contributed by atoms with van der Waals surface area (Å²) in [5.41, 5.74) is 9.73. The van der Waals surface area contributed by atoms with Crippen molar-refractivity contribution in [3.8, 4) is 0 Å². The van der Waals surface area contributed by atoms with E-state index in [1.54, 1.807) is 0 Å². The van der Waals surface area contributed by atoms with Crippen molar-refractivity contribution in [1.82, 2.24) is 19.6 Å². The third kappa shape index (κ3) is 4.82. The Balaban J connectivity index is 0.00000343. The van der Waals surface area contributed by atoms with Crippen molar-refractivity contribution in [2.75, 3.05) is 9.80 Å². The van der Waals surface area contributed by atoms with E-state index in [9.17, 15) is 0 Å². The summed E-state index contributed by atoms with van der Waals surface area (Å²) >= 11 is 0. The molecule has 7 nitrogen and oxygen atoms in total. The number of fused-ring (bicyclic) bond motifs is 3. The van der Waals surface area contributed by atoms with Crippen molar-refractivity contribution < 1.29 is 25.5 Å². The van der Waals surface area contributed by atoms with Gasteiger partial charge >= 0.3 is 21.1 Å². The second-order valence-electron chi connectivity index (χ2n) is 10.9. The molecule has 0 saturated carbocycles. The average Bonchev–Trinajstić information content (AvgIpc) is 3.61. The maximum Gasteiger partial charge on any atom is 2.00 e. The fourth-order valence-electron chi connectivity index (χ4n) is 5.58. The predicted molar refractivity (Wildman–Crippen MR) is 173 cm³/mol. The summed E-state index contributed by atoms with van der Waals surface area (Å²) < 4.78 is 10.1. The number of hydrogen-bond donors (Lipinski definition) is 0. The smallest absolute Gasteiger partial charge is 0.564 e. The van der Waals surface area contributed by atoms with Gasteiger partial charge in [-0.3, -0.25) is 9.36 Å². The standard InChI is InChI=1S/C36H32N6O.Pt/c1-23-25(3)39(5)37-35(23)41(27-13-9-7-10-14-27)29-17-19-33-31(21-29)32-22-30(18-20-34(32)43-33)42(28-15-11-8-12-16-28)36-24(2)26(4)40(6)38-36;/h7-20H,1-6H3;/q-2;+2.